The minimum absolute atomic E-state index is 0.143. The van der Waals surface area contributed by atoms with Crippen LogP contribution in [-0.4, -0.2) is 41.5 Å². The molecule has 0 aromatic carbocycles. The van der Waals surface area contributed by atoms with Crippen molar-refractivity contribution >= 4 is 21.8 Å². The Morgan fingerprint density at radius 1 is 1.25 bits per heavy atom. The zero-order valence-electron chi connectivity index (χ0n) is 12.0. The molecule has 2 aliphatic heterocycles. The molecule has 2 unspecified atom stereocenters. The third-order valence-electron chi connectivity index (χ3n) is 4.46. The zero-order chi connectivity index (χ0) is 14.5. The van der Waals surface area contributed by atoms with Gasteiger partial charge in [-0.25, -0.2) is 8.42 Å². The summed E-state index contributed by atoms with van der Waals surface area (Å²) >= 11 is 1.86. The molecule has 0 saturated carbocycles. The van der Waals surface area contributed by atoms with Crippen LogP contribution in [-0.2, 0) is 10.0 Å². The van der Waals surface area contributed by atoms with E-state index in [1.807, 2.05) is 11.8 Å². The first-order valence-corrected chi connectivity index (χ1v) is 9.67. The van der Waals surface area contributed by atoms with Crippen molar-refractivity contribution in [1.82, 2.24) is 9.46 Å². The summed E-state index contributed by atoms with van der Waals surface area (Å²) in [6.45, 7) is 3.36. The molecule has 1 aromatic heterocycles. The number of hydrogen-bond donors (Lipinski definition) is 0. The van der Waals surface area contributed by atoms with Crippen molar-refractivity contribution in [1.29, 1.82) is 0 Å². The molecular formula is C13H20N2O3S2. The maximum atomic E-state index is 13.0. The highest BCUT2D eigenvalue weighted by atomic mass is 32.2. The second-order valence-electron chi connectivity index (χ2n) is 5.70. The quantitative estimate of drug-likeness (QED) is 0.856. The number of hydrogen-bond acceptors (Lipinski definition) is 5. The number of thioether (sulfide) groups is 1. The summed E-state index contributed by atoms with van der Waals surface area (Å²) in [5.74, 6) is 0.397. The molecule has 2 aliphatic rings. The molecule has 0 aliphatic carbocycles. The highest BCUT2D eigenvalue weighted by Gasteiger charge is 2.48. The van der Waals surface area contributed by atoms with E-state index in [-0.39, 0.29) is 17.0 Å². The van der Waals surface area contributed by atoms with Crippen molar-refractivity contribution in [2.24, 2.45) is 0 Å². The number of nitrogens with zero attached hydrogens (tertiary/aromatic N) is 2. The lowest BCUT2D eigenvalue weighted by Gasteiger charge is -2.37. The van der Waals surface area contributed by atoms with Gasteiger partial charge in [-0.05, 0) is 45.8 Å². The summed E-state index contributed by atoms with van der Waals surface area (Å²) in [7, 11) is -3.48. The molecule has 5 nitrogen and oxygen atoms in total. The van der Waals surface area contributed by atoms with Gasteiger partial charge in [0, 0.05) is 17.3 Å². The Labute approximate surface area is 124 Å². The monoisotopic (exact) mass is 316 g/mol. The molecule has 0 spiro atoms. The molecule has 0 amide bonds. The van der Waals surface area contributed by atoms with Crippen LogP contribution in [0, 0.1) is 13.8 Å². The minimum Gasteiger partial charge on any atom is -0.360 e. The van der Waals surface area contributed by atoms with E-state index in [1.165, 1.54) is 0 Å². The first kappa shape index (κ1) is 14.4. The Morgan fingerprint density at radius 3 is 2.30 bits per heavy atom. The van der Waals surface area contributed by atoms with Crippen LogP contribution >= 0.6 is 11.8 Å². The largest absolute Gasteiger partial charge is 0.360 e. The van der Waals surface area contributed by atoms with Gasteiger partial charge in [-0.2, -0.15) is 16.1 Å². The van der Waals surface area contributed by atoms with Crippen LogP contribution in [0.1, 0.15) is 37.1 Å². The van der Waals surface area contributed by atoms with Gasteiger partial charge in [0.05, 0.1) is 0 Å². The molecule has 2 fully saturated rings. The molecule has 3 heterocycles. The number of rotatable bonds is 3. The lowest BCUT2D eigenvalue weighted by atomic mass is 10.1. The van der Waals surface area contributed by atoms with Crippen LogP contribution in [0.25, 0.3) is 0 Å². The van der Waals surface area contributed by atoms with Crippen LogP contribution < -0.4 is 0 Å². The van der Waals surface area contributed by atoms with Crippen LogP contribution in [0.5, 0.6) is 0 Å². The molecule has 3 rings (SSSR count). The van der Waals surface area contributed by atoms with Crippen LogP contribution in [0.2, 0.25) is 0 Å². The molecule has 112 valence electrons. The molecular weight excluding hydrogens is 296 g/mol. The van der Waals surface area contributed by atoms with E-state index in [9.17, 15) is 8.42 Å². The van der Waals surface area contributed by atoms with Gasteiger partial charge in [0.2, 0.25) is 10.0 Å². The molecule has 2 atom stereocenters. The van der Waals surface area contributed by atoms with Gasteiger partial charge >= 0.3 is 0 Å². The van der Waals surface area contributed by atoms with Crippen LogP contribution in [0.15, 0.2) is 9.42 Å². The van der Waals surface area contributed by atoms with Crippen molar-refractivity contribution in [2.75, 3.05) is 6.26 Å². The molecule has 20 heavy (non-hydrogen) atoms. The predicted octanol–water partition coefficient (Wildman–Crippen LogP) is 2.34. The van der Waals surface area contributed by atoms with Crippen LogP contribution in [0.3, 0.4) is 0 Å². The van der Waals surface area contributed by atoms with Crippen molar-refractivity contribution in [2.45, 2.75) is 61.8 Å². The SMILES string of the molecule is CSC1CC2CCC(C1)N2S(=O)(=O)c1c(C)noc1C. The average Bonchev–Trinajstić information content (AvgIpc) is 2.88. The standard InChI is InChI=1S/C13H20N2O3S2/c1-8-13(9(2)18-14-8)20(16,17)15-10-4-5-11(15)7-12(6-10)19-3/h10-12H,4-7H2,1-3H3. The molecule has 7 heteroatoms. The smallest absolute Gasteiger partial charge is 0.248 e. The molecule has 2 bridgehead atoms. The summed E-state index contributed by atoms with van der Waals surface area (Å²) < 4.78 is 32.7. The van der Waals surface area contributed by atoms with E-state index >= 15 is 0 Å². The summed E-state index contributed by atoms with van der Waals surface area (Å²) in [5, 5.41) is 4.38. The van der Waals surface area contributed by atoms with E-state index in [4.69, 9.17) is 4.52 Å². The Balaban J connectivity index is 1.98. The lowest BCUT2D eigenvalue weighted by molar-refractivity contribution is 0.253. The minimum atomic E-state index is -3.48. The van der Waals surface area contributed by atoms with E-state index < -0.39 is 10.0 Å². The van der Waals surface area contributed by atoms with Gasteiger partial charge in [0.15, 0.2) is 5.76 Å². The number of sulfonamides is 1. The number of piperidine rings is 1. The van der Waals surface area contributed by atoms with E-state index in [0.717, 1.165) is 25.7 Å². The number of fused-ring (bicyclic) bond motifs is 2. The molecule has 2 saturated heterocycles. The van der Waals surface area contributed by atoms with Gasteiger partial charge in [0.1, 0.15) is 10.6 Å². The summed E-state index contributed by atoms with van der Waals surface area (Å²) in [6, 6.07) is 0.287. The Hall–Kier alpha value is -0.530. The fourth-order valence-electron chi connectivity index (χ4n) is 3.62. The lowest BCUT2D eigenvalue weighted by Crippen LogP contribution is -2.47. The third kappa shape index (κ3) is 2.10. The zero-order valence-corrected chi connectivity index (χ0v) is 13.6. The van der Waals surface area contributed by atoms with Crippen molar-refractivity contribution < 1.29 is 12.9 Å². The second-order valence-corrected chi connectivity index (χ2v) is 8.62. The third-order valence-corrected chi connectivity index (χ3v) is 7.76. The predicted molar refractivity (Wildman–Crippen MR) is 78.3 cm³/mol. The maximum absolute atomic E-state index is 13.0. The number of aryl methyl sites for hydroxylation is 2. The molecule has 1 aromatic rings. The van der Waals surface area contributed by atoms with E-state index in [0.29, 0.717) is 16.7 Å². The van der Waals surface area contributed by atoms with Gasteiger partial charge in [-0.3, -0.25) is 0 Å². The maximum Gasteiger partial charge on any atom is 0.248 e. The molecule has 0 radical (unpaired) electrons. The second kappa shape index (κ2) is 5.03. The highest BCUT2D eigenvalue weighted by molar-refractivity contribution is 7.99. The fraction of sp³-hybridized carbons (Fsp3) is 0.769. The summed E-state index contributed by atoms with van der Waals surface area (Å²) in [5.41, 5.74) is 0.467. The van der Waals surface area contributed by atoms with Crippen molar-refractivity contribution in [3.63, 3.8) is 0 Å². The van der Waals surface area contributed by atoms with E-state index in [1.54, 1.807) is 18.2 Å². The highest BCUT2D eigenvalue weighted by Crippen LogP contribution is 2.43. The Bertz CT molecular complexity index is 578. The van der Waals surface area contributed by atoms with E-state index in [2.05, 4.69) is 11.4 Å². The summed E-state index contributed by atoms with van der Waals surface area (Å²) in [4.78, 5) is 0.275. The van der Waals surface area contributed by atoms with Crippen molar-refractivity contribution in [3.8, 4) is 0 Å². The van der Waals surface area contributed by atoms with Gasteiger partial charge < -0.3 is 4.52 Å². The molecule has 0 N–H and O–H groups in total. The van der Waals surface area contributed by atoms with Gasteiger partial charge in [-0.1, -0.05) is 5.16 Å². The Kier molecular flexibility index (Phi) is 3.63. The Morgan fingerprint density at radius 2 is 1.85 bits per heavy atom. The first-order chi connectivity index (χ1) is 9.45. The van der Waals surface area contributed by atoms with Gasteiger partial charge in [0.25, 0.3) is 0 Å². The topological polar surface area (TPSA) is 63.4 Å². The summed E-state index contributed by atoms with van der Waals surface area (Å²) in [6.07, 6.45) is 5.98. The van der Waals surface area contributed by atoms with Gasteiger partial charge in [-0.15, -0.1) is 0 Å². The van der Waals surface area contributed by atoms with Crippen LogP contribution in [0.4, 0.5) is 0 Å². The average molecular weight is 316 g/mol. The number of aromatic nitrogens is 1. The first-order valence-electron chi connectivity index (χ1n) is 6.94. The van der Waals surface area contributed by atoms with Crippen molar-refractivity contribution in [3.05, 3.63) is 11.5 Å². The fourth-order valence-corrected chi connectivity index (χ4v) is 6.64. The normalized spacial score (nSPS) is 30.9.